The van der Waals surface area contributed by atoms with Gasteiger partial charge >= 0.3 is 0 Å². The fourth-order valence-electron chi connectivity index (χ4n) is 1.94. The van der Waals surface area contributed by atoms with E-state index in [4.69, 9.17) is 4.74 Å². The number of imidazole rings is 1. The molecule has 0 aromatic carbocycles. The van der Waals surface area contributed by atoms with Crippen molar-refractivity contribution in [1.82, 2.24) is 19.7 Å². The summed E-state index contributed by atoms with van der Waals surface area (Å²) in [5, 5.41) is 4.80. The van der Waals surface area contributed by atoms with Crippen molar-refractivity contribution >= 4 is 22.2 Å². The zero-order valence-electron chi connectivity index (χ0n) is 11.4. The van der Waals surface area contributed by atoms with Gasteiger partial charge < -0.3 is 10.1 Å². The molecule has 0 aliphatic heterocycles. The topological polar surface area (TPSA) is 68.5 Å². The van der Waals surface area contributed by atoms with Gasteiger partial charge in [-0.1, -0.05) is 0 Å². The lowest BCUT2D eigenvalue weighted by Gasteiger charge is -2.08. The van der Waals surface area contributed by atoms with Gasteiger partial charge in [0.25, 0.3) is 5.91 Å². The highest BCUT2D eigenvalue weighted by atomic mass is 32.1. The van der Waals surface area contributed by atoms with Crippen LogP contribution in [0.5, 0.6) is 5.88 Å². The van der Waals surface area contributed by atoms with Crippen molar-refractivity contribution in [2.24, 2.45) is 0 Å². The number of amides is 1. The Morgan fingerprint density at radius 3 is 3.24 bits per heavy atom. The van der Waals surface area contributed by atoms with Crippen molar-refractivity contribution in [3.05, 3.63) is 47.4 Å². The van der Waals surface area contributed by atoms with Crippen LogP contribution in [-0.4, -0.2) is 26.9 Å². The van der Waals surface area contributed by atoms with Gasteiger partial charge in [0.15, 0.2) is 4.96 Å². The minimum atomic E-state index is -0.220. The maximum absolute atomic E-state index is 12.2. The first kappa shape index (κ1) is 13.6. The molecule has 0 aliphatic rings. The van der Waals surface area contributed by atoms with Gasteiger partial charge in [-0.3, -0.25) is 9.20 Å². The van der Waals surface area contributed by atoms with E-state index in [-0.39, 0.29) is 5.91 Å². The van der Waals surface area contributed by atoms with E-state index in [1.807, 2.05) is 29.1 Å². The Balaban J connectivity index is 1.70. The SMILES string of the molecule is CCOc1ncccc1C(=O)NCc1cn2ccsc2n1. The highest BCUT2D eigenvalue weighted by Crippen LogP contribution is 2.15. The van der Waals surface area contributed by atoms with Gasteiger partial charge in [-0.15, -0.1) is 11.3 Å². The van der Waals surface area contributed by atoms with Gasteiger partial charge in [-0.25, -0.2) is 9.97 Å². The third kappa shape index (κ3) is 2.87. The number of carbonyl (C=O) groups is 1. The van der Waals surface area contributed by atoms with E-state index in [1.165, 1.54) is 0 Å². The van der Waals surface area contributed by atoms with E-state index < -0.39 is 0 Å². The predicted molar refractivity (Wildman–Crippen MR) is 79.6 cm³/mol. The Bertz CT molecular complexity index is 737. The van der Waals surface area contributed by atoms with Crippen LogP contribution in [0.1, 0.15) is 23.0 Å². The van der Waals surface area contributed by atoms with Crippen LogP contribution in [0.3, 0.4) is 0 Å². The molecular weight excluding hydrogens is 288 g/mol. The monoisotopic (exact) mass is 302 g/mol. The molecule has 0 saturated carbocycles. The third-order valence-electron chi connectivity index (χ3n) is 2.87. The quantitative estimate of drug-likeness (QED) is 0.784. The van der Waals surface area contributed by atoms with Gasteiger partial charge in [-0.05, 0) is 19.1 Å². The standard InChI is InChI=1S/C14H14N4O2S/c1-2-20-13-11(4-3-5-15-13)12(19)16-8-10-9-18-6-7-21-14(18)17-10/h3-7,9H,2,8H2,1H3,(H,16,19). The number of nitrogens with zero attached hydrogens (tertiary/aromatic N) is 3. The molecule has 6 nitrogen and oxygen atoms in total. The summed E-state index contributed by atoms with van der Waals surface area (Å²) in [5.41, 5.74) is 1.25. The van der Waals surface area contributed by atoms with Gasteiger partial charge in [0.1, 0.15) is 5.56 Å². The van der Waals surface area contributed by atoms with Crippen molar-refractivity contribution in [2.75, 3.05) is 6.61 Å². The number of nitrogens with one attached hydrogen (secondary N) is 1. The van der Waals surface area contributed by atoms with Crippen LogP contribution < -0.4 is 10.1 Å². The highest BCUT2D eigenvalue weighted by molar-refractivity contribution is 7.15. The van der Waals surface area contributed by atoms with E-state index in [0.717, 1.165) is 10.7 Å². The number of hydrogen-bond acceptors (Lipinski definition) is 5. The Morgan fingerprint density at radius 1 is 1.52 bits per heavy atom. The van der Waals surface area contributed by atoms with E-state index in [0.29, 0.717) is 24.6 Å². The van der Waals surface area contributed by atoms with Crippen LogP contribution >= 0.6 is 11.3 Å². The molecule has 3 aromatic heterocycles. The van der Waals surface area contributed by atoms with Crippen LogP contribution in [-0.2, 0) is 6.54 Å². The second kappa shape index (κ2) is 5.92. The average Bonchev–Trinajstić information content (AvgIpc) is 3.07. The second-order valence-electron chi connectivity index (χ2n) is 4.30. The Kier molecular flexibility index (Phi) is 3.83. The molecule has 7 heteroatoms. The first-order valence-corrected chi connectivity index (χ1v) is 7.43. The van der Waals surface area contributed by atoms with Crippen molar-refractivity contribution in [2.45, 2.75) is 13.5 Å². The van der Waals surface area contributed by atoms with E-state index in [9.17, 15) is 4.79 Å². The molecule has 0 aliphatic carbocycles. The van der Waals surface area contributed by atoms with E-state index >= 15 is 0 Å². The van der Waals surface area contributed by atoms with Crippen molar-refractivity contribution in [3.63, 3.8) is 0 Å². The molecular formula is C14H14N4O2S. The van der Waals surface area contributed by atoms with Gasteiger partial charge in [-0.2, -0.15) is 0 Å². The lowest BCUT2D eigenvalue weighted by molar-refractivity contribution is 0.0946. The summed E-state index contributed by atoms with van der Waals surface area (Å²) in [6, 6.07) is 3.41. The van der Waals surface area contributed by atoms with Crippen molar-refractivity contribution in [3.8, 4) is 5.88 Å². The molecule has 1 amide bonds. The molecule has 108 valence electrons. The predicted octanol–water partition coefficient (Wildman–Crippen LogP) is 2.12. The van der Waals surface area contributed by atoms with Crippen LogP contribution in [0.4, 0.5) is 0 Å². The molecule has 3 heterocycles. The lowest BCUT2D eigenvalue weighted by atomic mass is 10.2. The molecule has 21 heavy (non-hydrogen) atoms. The minimum Gasteiger partial charge on any atom is -0.477 e. The van der Waals surface area contributed by atoms with Crippen LogP contribution in [0.2, 0.25) is 0 Å². The number of aromatic nitrogens is 3. The molecule has 0 radical (unpaired) electrons. The first-order chi connectivity index (χ1) is 10.3. The number of thiazole rings is 1. The van der Waals surface area contributed by atoms with Crippen molar-refractivity contribution in [1.29, 1.82) is 0 Å². The smallest absolute Gasteiger partial charge is 0.257 e. The largest absolute Gasteiger partial charge is 0.477 e. The number of ether oxygens (including phenoxy) is 1. The summed E-state index contributed by atoms with van der Waals surface area (Å²) in [5.74, 6) is 0.131. The molecule has 3 rings (SSSR count). The van der Waals surface area contributed by atoms with Gasteiger partial charge in [0.05, 0.1) is 18.8 Å². The fourth-order valence-corrected chi connectivity index (χ4v) is 2.66. The Labute approximate surface area is 125 Å². The molecule has 0 atom stereocenters. The fraction of sp³-hybridized carbons (Fsp3) is 0.214. The number of fused-ring (bicyclic) bond motifs is 1. The van der Waals surface area contributed by atoms with Crippen molar-refractivity contribution < 1.29 is 9.53 Å². The van der Waals surface area contributed by atoms with E-state index in [2.05, 4.69) is 15.3 Å². The summed E-state index contributed by atoms with van der Waals surface area (Å²) in [6.07, 6.45) is 5.44. The molecule has 1 N–H and O–H groups in total. The summed E-state index contributed by atoms with van der Waals surface area (Å²) in [7, 11) is 0. The van der Waals surface area contributed by atoms with Crippen LogP contribution in [0, 0.1) is 0 Å². The summed E-state index contributed by atoms with van der Waals surface area (Å²) in [6.45, 7) is 2.69. The molecule has 0 spiro atoms. The van der Waals surface area contributed by atoms with E-state index in [1.54, 1.807) is 29.7 Å². The second-order valence-corrected chi connectivity index (χ2v) is 5.17. The Morgan fingerprint density at radius 2 is 2.43 bits per heavy atom. The first-order valence-electron chi connectivity index (χ1n) is 6.55. The van der Waals surface area contributed by atoms with Gasteiger partial charge in [0.2, 0.25) is 5.88 Å². The van der Waals surface area contributed by atoms with Gasteiger partial charge in [0, 0.05) is 24.0 Å². The third-order valence-corrected chi connectivity index (χ3v) is 3.64. The van der Waals surface area contributed by atoms with Crippen LogP contribution in [0.15, 0.2) is 36.1 Å². The lowest BCUT2D eigenvalue weighted by Crippen LogP contribution is -2.24. The number of hydrogen-bond donors (Lipinski definition) is 1. The zero-order valence-corrected chi connectivity index (χ0v) is 12.3. The molecule has 3 aromatic rings. The summed E-state index contributed by atoms with van der Waals surface area (Å²) in [4.78, 5) is 21.6. The molecule has 0 saturated heterocycles. The summed E-state index contributed by atoms with van der Waals surface area (Å²) >= 11 is 1.56. The maximum Gasteiger partial charge on any atom is 0.257 e. The number of carbonyl (C=O) groups excluding carboxylic acids is 1. The molecule has 0 fully saturated rings. The minimum absolute atomic E-state index is 0.220. The summed E-state index contributed by atoms with van der Waals surface area (Å²) < 4.78 is 7.29. The molecule has 0 unspecified atom stereocenters. The zero-order chi connectivity index (χ0) is 14.7. The molecule has 0 bridgehead atoms. The maximum atomic E-state index is 12.2. The normalized spacial score (nSPS) is 10.7. The number of rotatable bonds is 5. The average molecular weight is 302 g/mol. The number of pyridine rings is 1. The highest BCUT2D eigenvalue weighted by Gasteiger charge is 2.13. The van der Waals surface area contributed by atoms with Crippen LogP contribution in [0.25, 0.3) is 4.96 Å². The Hall–Kier alpha value is -2.41.